The second-order valence-corrected chi connectivity index (χ2v) is 13.2. The molecule has 0 unspecified atom stereocenters. The molecule has 10 nitrogen and oxygen atoms in total. The zero-order valence-electron chi connectivity index (χ0n) is 21.4. The summed E-state index contributed by atoms with van der Waals surface area (Å²) in [6, 6.07) is 16.6. The predicted octanol–water partition coefficient (Wildman–Crippen LogP) is 3.40. The standard InChI is InChI=1S/C26H29ClN4O6S2/c1-19-17-24(38(33,34)29-22-5-3-20(27)4-6-22)11-12-25(19)37-18-26(32)28-21-7-9-23(10-8-21)39(35,36)31-15-13-30(2)14-16-31/h3-12,17,29H,13-16,18H2,1-2H3,(H,28,32). The topological polar surface area (TPSA) is 125 Å². The van der Waals surface area contributed by atoms with Crippen molar-refractivity contribution >= 4 is 48.9 Å². The second-order valence-electron chi connectivity index (χ2n) is 9.11. The molecule has 1 aliphatic rings. The van der Waals surface area contributed by atoms with Crippen molar-refractivity contribution in [3.63, 3.8) is 0 Å². The smallest absolute Gasteiger partial charge is 0.262 e. The van der Waals surface area contributed by atoms with Gasteiger partial charge in [-0.1, -0.05) is 11.6 Å². The van der Waals surface area contributed by atoms with Gasteiger partial charge in [0.1, 0.15) is 5.75 Å². The van der Waals surface area contributed by atoms with Crippen molar-refractivity contribution in [2.24, 2.45) is 0 Å². The lowest BCUT2D eigenvalue weighted by molar-refractivity contribution is -0.118. The van der Waals surface area contributed by atoms with Gasteiger partial charge >= 0.3 is 0 Å². The van der Waals surface area contributed by atoms with Gasteiger partial charge in [0.25, 0.3) is 15.9 Å². The number of hydrogen-bond acceptors (Lipinski definition) is 7. The van der Waals surface area contributed by atoms with Gasteiger partial charge in [0.05, 0.1) is 9.79 Å². The van der Waals surface area contributed by atoms with E-state index in [1.54, 1.807) is 31.2 Å². The van der Waals surface area contributed by atoms with Crippen molar-refractivity contribution < 1.29 is 26.4 Å². The molecule has 3 aromatic rings. The number of halogens is 1. The molecule has 1 heterocycles. The van der Waals surface area contributed by atoms with Crippen molar-refractivity contribution in [3.8, 4) is 5.75 Å². The van der Waals surface area contributed by atoms with Gasteiger partial charge in [-0.2, -0.15) is 4.31 Å². The van der Waals surface area contributed by atoms with E-state index in [1.165, 1.54) is 46.8 Å². The summed E-state index contributed by atoms with van der Waals surface area (Å²) in [4.78, 5) is 14.7. The molecule has 0 saturated carbocycles. The van der Waals surface area contributed by atoms with Gasteiger partial charge in [-0.25, -0.2) is 16.8 Å². The van der Waals surface area contributed by atoms with Crippen molar-refractivity contribution in [1.82, 2.24) is 9.21 Å². The number of sulfonamides is 2. The minimum absolute atomic E-state index is 0.0402. The van der Waals surface area contributed by atoms with E-state index in [9.17, 15) is 21.6 Å². The monoisotopic (exact) mass is 592 g/mol. The fraction of sp³-hybridized carbons (Fsp3) is 0.269. The Balaban J connectivity index is 1.33. The number of rotatable bonds is 9. The van der Waals surface area contributed by atoms with Crippen LogP contribution in [-0.4, -0.2) is 71.8 Å². The molecule has 0 bridgehead atoms. The summed E-state index contributed by atoms with van der Waals surface area (Å²) in [5, 5.41) is 3.16. The van der Waals surface area contributed by atoms with Crippen molar-refractivity contribution in [1.29, 1.82) is 0 Å². The molecule has 0 aliphatic carbocycles. The summed E-state index contributed by atoms with van der Waals surface area (Å²) in [6.45, 7) is 3.56. The van der Waals surface area contributed by atoms with E-state index in [2.05, 4.69) is 14.9 Å². The number of nitrogens with zero attached hydrogens (tertiary/aromatic N) is 2. The Labute approximate surface area is 233 Å². The first-order chi connectivity index (χ1) is 18.4. The van der Waals surface area contributed by atoms with Gasteiger partial charge in [-0.3, -0.25) is 9.52 Å². The Morgan fingerprint density at radius 3 is 2.08 bits per heavy atom. The normalized spacial score (nSPS) is 15.1. The number of carbonyl (C=O) groups excluding carboxylic acids is 1. The molecule has 1 amide bonds. The molecule has 1 fully saturated rings. The number of piperazine rings is 1. The van der Waals surface area contributed by atoms with Gasteiger partial charge in [-0.05, 0) is 86.3 Å². The fourth-order valence-corrected chi connectivity index (χ4v) is 6.60. The third-order valence-corrected chi connectivity index (χ3v) is 9.69. The van der Waals surface area contributed by atoms with E-state index < -0.39 is 26.0 Å². The number of carbonyl (C=O) groups is 1. The number of likely N-dealkylation sites (N-methyl/N-ethyl adjacent to an activating group) is 1. The largest absolute Gasteiger partial charge is 0.483 e. The summed E-state index contributed by atoms with van der Waals surface area (Å²) in [5.74, 6) is -0.102. The first-order valence-electron chi connectivity index (χ1n) is 12.0. The molecule has 3 aromatic carbocycles. The van der Waals surface area contributed by atoms with Crippen LogP contribution in [0.25, 0.3) is 0 Å². The van der Waals surface area contributed by atoms with Crippen LogP contribution in [0, 0.1) is 6.92 Å². The van der Waals surface area contributed by atoms with E-state index in [0.29, 0.717) is 53.9 Å². The summed E-state index contributed by atoms with van der Waals surface area (Å²) >= 11 is 5.84. The Kier molecular flexibility index (Phi) is 8.82. The molecule has 0 radical (unpaired) electrons. The Morgan fingerprint density at radius 2 is 1.46 bits per heavy atom. The van der Waals surface area contributed by atoms with Crippen LogP contribution in [0.3, 0.4) is 0 Å². The van der Waals surface area contributed by atoms with E-state index in [1.807, 2.05) is 7.05 Å². The summed E-state index contributed by atoms with van der Waals surface area (Å²) in [6.07, 6.45) is 0. The zero-order chi connectivity index (χ0) is 28.2. The maximum atomic E-state index is 12.9. The minimum atomic E-state index is -3.84. The van der Waals surface area contributed by atoms with Crippen LogP contribution in [-0.2, 0) is 24.8 Å². The first-order valence-corrected chi connectivity index (χ1v) is 15.3. The highest BCUT2D eigenvalue weighted by molar-refractivity contribution is 7.92. The van der Waals surface area contributed by atoms with Crippen LogP contribution < -0.4 is 14.8 Å². The van der Waals surface area contributed by atoms with Crippen molar-refractivity contribution in [2.45, 2.75) is 16.7 Å². The fourth-order valence-electron chi connectivity index (χ4n) is 3.91. The SMILES string of the molecule is Cc1cc(S(=O)(=O)Nc2ccc(Cl)cc2)ccc1OCC(=O)Nc1ccc(S(=O)(=O)N2CCN(C)CC2)cc1. The predicted molar refractivity (Wildman–Crippen MR) is 150 cm³/mol. The minimum Gasteiger partial charge on any atom is -0.483 e. The van der Waals surface area contributed by atoms with Crippen LogP contribution in [0.4, 0.5) is 11.4 Å². The van der Waals surface area contributed by atoms with Crippen molar-refractivity contribution in [3.05, 3.63) is 77.3 Å². The molecule has 2 N–H and O–H groups in total. The molecule has 13 heteroatoms. The van der Waals surface area contributed by atoms with Crippen LogP contribution in [0.5, 0.6) is 5.75 Å². The average molecular weight is 593 g/mol. The van der Waals surface area contributed by atoms with E-state index in [-0.39, 0.29) is 16.4 Å². The molecule has 39 heavy (non-hydrogen) atoms. The molecular formula is C26H29ClN4O6S2. The van der Waals surface area contributed by atoms with Crippen molar-refractivity contribution in [2.75, 3.05) is 49.9 Å². The molecule has 4 rings (SSSR count). The van der Waals surface area contributed by atoms with Gasteiger partial charge in [0.2, 0.25) is 10.0 Å². The van der Waals surface area contributed by atoms with Crippen LogP contribution >= 0.6 is 11.6 Å². The van der Waals surface area contributed by atoms with Gasteiger partial charge < -0.3 is 15.0 Å². The molecule has 0 spiro atoms. The first kappa shape index (κ1) is 28.8. The highest BCUT2D eigenvalue weighted by atomic mass is 35.5. The van der Waals surface area contributed by atoms with Crippen LogP contribution in [0.1, 0.15) is 5.56 Å². The summed E-state index contributed by atoms with van der Waals surface area (Å²) < 4.78 is 60.7. The van der Waals surface area contributed by atoms with Gasteiger partial charge in [0.15, 0.2) is 6.61 Å². The number of ether oxygens (including phenoxy) is 1. The number of benzene rings is 3. The van der Waals surface area contributed by atoms with E-state index in [0.717, 1.165) is 0 Å². The summed E-state index contributed by atoms with van der Waals surface area (Å²) in [5.41, 5.74) is 1.33. The lowest BCUT2D eigenvalue weighted by Crippen LogP contribution is -2.46. The quantitative estimate of drug-likeness (QED) is 0.390. The highest BCUT2D eigenvalue weighted by Crippen LogP contribution is 2.25. The third-order valence-electron chi connectivity index (χ3n) is 6.15. The Morgan fingerprint density at radius 1 is 0.872 bits per heavy atom. The molecule has 1 aliphatic heterocycles. The average Bonchev–Trinajstić information content (AvgIpc) is 2.90. The lowest BCUT2D eigenvalue weighted by atomic mass is 10.2. The lowest BCUT2D eigenvalue weighted by Gasteiger charge is -2.31. The van der Waals surface area contributed by atoms with Gasteiger partial charge in [-0.15, -0.1) is 0 Å². The number of amides is 1. The van der Waals surface area contributed by atoms with E-state index in [4.69, 9.17) is 16.3 Å². The maximum Gasteiger partial charge on any atom is 0.262 e. The van der Waals surface area contributed by atoms with Crippen LogP contribution in [0.15, 0.2) is 76.5 Å². The Hall–Kier alpha value is -3.16. The van der Waals surface area contributed by atoms with Gasteiger partial charge in [0, 0.05) is 42.6 Å². The molecule has 208 valence electrons. The number of aryl methyl sites for hydroxylation is 1. The van der Waals surface area contributed by atoms with Crippen LogP contribution in [0.2, 0.25) is 5.02 Å². The third kappa shape index (κ3) is 7.28. The maximum absolute atomic E-state index is 12.9. The van der Waals surface area contributed by atoms with E-state index >= 15 is 0 Å². The second kappa shape index (κ2) is 11.9. The Bertz CT molecular complexity index is 1540. The summed E-state index contributed by atoms with van der Waals surface area (Å²) in [7, 11) is -5.48. The number of hydrogen-bond donors (Lipinski definition) is 2. The number of anilines is 2. The molecule has 0 aromatic heterocycles. The molecule has 1 saturated heterocycles. The highest BCUT2D eigenvalue weighted by Gasteiger charge is 2.27. The molecular weight excluding hydrogens is 564 g/mol. The molecule has 0 atom stereocenters. The zero-order valence-corrected chi connectivity index (χ0v) is 23.8. The number of nitrogens with one attached hydrogen (secondary N) is 2.